The lowest BCUT2D eigenvalue weighted by molar-refractivity contribution is -0.193. The number of hydrogen-bond donors (Lipinski definition) is 2. The average molecular weight is 505 g/mol. The zero-order valence-corrected chi connectivity index (χ0v) is 19.0. The third kappa shape index (κ3) is 13.8. The molecule has 0 spiro atoms. The van der Waals surface area contributed by atoms with Gasteiger partial charge in [-0.1, -0.05) is 6.92 Å². The van der Waals surface area contributed by atoms with Gasteiger partial charge in [0.15, 0.2) is 0 Å². The summed E-state index contributed by atoms with van der Waals surface area (Å²) in [7, 11) is 2.20. The van der Waals surface area contributed by atoms with Gasteiger partial charge in [-0.2, -0.15) is 26.3 Å². The number of likely N-dealkylation sites (N-methyl/N-ethyl adjacent to an activating group) is 1. The Morgan fingerprint density at radius 2 is 1.53 bits per heavy atom. The summed E-state index contributed by atoms with van der Waals surface area (Å²) in [5, 5.41) is 14.2. The minimum atomic E-state index is -5.08. The SMILES string of the molecule is CCc1nc(C)ccc1OCCN1CCCN(C)CC1.O=C(O)C(F)(F)F.O=C(O)C(F)(F)F. The molecule has 0 aliphatic carbocycles. The minimum Gasteiger partial charge on any atom is -0.490 e. The van der Waals surface area contributed by atoms with Crippen molar-refractivity contribution in [3.05, 3.63) is 23.5 Å². The van der Waals surface area contributed by atoms with Gasteiger partial charge in [-0.15, -0.1) is 0 Å². The number of aliphatic carboxylic acids is 2. The van der Waals surface area contributed by atoms with Gasteiger partial charge in [-0.05, 0) is 52.0 Å². The number of carbonyl (C=O) groups is 2. The summed E-state index contributed by atoms with van der Waals surface area (Å²) >= 11 is 0. The number of rotatable bonds is 5. The van der Waals surface area contributed by atoms with Crippen LogP contribution in [0.5, 0.6) is 5.75 Å². The van der Waals surface area contributed by atoms with Crippen LogP contribution in [0.3, 0.4) is 0 Å². The van der Waals surface area contributed by atoms with Gasteiger partial charge in [-0.25, -0.2) is 9.59 Å². The van der Waals surface area contributed by atoms with Gasteiger partial charge >= 0.3 is 24.3 Å². The van der Waals surface area contributed by atoms with Gasteiger partial charge in [-0.3, -0.25) is 9.88 Å². The average Bonchev–Trinajstić information content (AvgIpc) is 2.92. The lowest BCUT2D eigenvalue weighted by Gasteiger charge is -2.20. The Labute approximate surface area is 193 Å². The molecule has 0 amide bonds. The van der Waals surface area contributed by atoms with Crippen LogP contribution in [0.1, 0.15) is 24.7 Å². The van der Waals surface area contributed by atoms with E-state index in [4.69, 9.17) is 24.5 Å². The zero-order valence-electron chi connectivity index (χ0n) is 19.0. The first kappa shape index (κ1) is 31.4. The molecule has 0 saturated carbocycles. The van der Waals surface area contributed by atoms with Gasteiger partial charge in [0.25, 0.3) is 0 Å². The first-order valence-corrected chi connectivity index (χ1v) is 10.2. The maximum Gasteiger partial charge on any atom is 0.490 e. The van der Waals surface area contributed by atoms with E-state index in [1.165, 1.54) is 19.5 Å². The highest BCUT2D eigenvalue weighted by atomic mass is 19.4. The number of pyridine rings is 1. The Bertz CT molecular complexity index is 750. The Morgan fingerprint density at radius 3 is 2.00 bits per heavy atom. The molecule has 1 aliphatic rings. The standard InChI is InChI=1S/C16H27N3O.2C2HF3O2/c1-4-15-16(7-6-14(2)17-15)20-13-12-19-9-5-8-18(3)10-11-19;2*3-2(4,5)1(6)7/h6-7H,4-5,8-13H2,1-3H3;2*(H,6,7). The van der Waals surface area contributed by atoms with E-state index in [2.05, 4.69) is 34.8 Å². The van der Waals surface area contributed by atoms with Gasteiger partial charge in [0, 0.05) is 25.3 Å². The van der Waals surface area contributed by atoms with Gasteiger partial charge in [0.1, 0.15) is 12.4 Å². The Morgan fingerprint density at radius 1 is 1.00 bits per heavy atom. The quantitative estimate of drug-likeness (QED) is 0.588. The summed E-state index contributed by atoms with van der Waals surface area (Å²) < 4.78 is 69.4. The normalized spacial score (nSPS) is 15.2. The van der Waals surface area contributed by atoms with Crippen molar-refractivity contribution in [1.29, 1.82) is 0 Å². The smallest absolute Gasteiger partial charge is 0.490 e. The fourth-order valence-corrected chi connectivity index (χ4v) is 2.59. The van der Waals surface area contributed by atoms with Crippen molar-refractivity contribution in [3.8, 4) is 5.75 Å². The third-order valence-corrected chi connectivity index (χ3v) is 4.37. The largest absolute Gasteiger partial charge is 0.490 e. The predicted octanol–water partition coefficient (Wildman–Crippen LogP) is 3.24. The number of aromatic nitrogens is 1. The first-order chi connectivity index (χ1) is 15.6. The number of ether oxygens (including phenoxy) is 1. The Balaban J connectivity index is 0.000000642. The monoisotopic (exact) mass is 505 g/mol. The summed E-state index contributed by atoms with van der Waals surface area (Å²) in [5.74, 6) is -4.56. The number of aryl methyl sites for hydroxylation is 2. The second-order valence-corrected chi connectivity index (χ2v) is 7.20. The number of carboxylic acids is 2. The van der Waals surface area contributed by atoms with Crippen LogP contribution in [-0.2, 0) is 16.0 Å². The van der Waals surface area contributed by atoms with E-state index in [9.17, 15) is 26.3 Å². The summed E-state index contributed by atoms with van der Waals surface area (Å²) in [6, 6.07) is 4.08. The second-order valence-electron chi connectivity index (χ2n) is 7.20. The molecule has 0 radical (unpaired) electrons. The molecule has 0 unspecified atom stereocenters. The molecule has 1 fully saturated rings. The summed E-state index contributed by atoms with van der Waals surface area (Å²) in [4.78, 5) is 27.2. The highest BCUT2D eigenvalue weighted by molar-refractivity contribution is 5.73. The molecule has 196 valence electrons. The topological polar surface area (TPSA) is 103 Å². The van der Waals surface area contributed by atoms with Crippen molar-refractivity contribution in [2.45, 2.75) is 39.0 Å². The van der Waals surface area contributed by atoms with Crippen molar-refractivity contribution < 1.29 is 50.9 Å². The molecule has 0 aromatic carbocycles. The Kier molecular flexibility index (Phi) is 13.5. The molecule has 14 heteroatoms. The number of halogens is 6. The molecule has 1 saturated heterocycles. The van der Waals surface area contributed by atoms with E-state index >= 15 is 0 Å². The molecule has 0 bridgehead atoms. The van der Waals surface area contributed by atoms with Crippen LogP contribution in [0.2, 0.25) is 0 Å². The van der Waals surface area contributed by atoms with Crippen molar-refractivity contribution in [1.82, 2.24) is 14.8 Å². The summed E-state index contributed by atoms with van der Waals surface area (Å²) in [5.41, 5.74) is 2.13. The molecular weight excluding hydrogens is 476 g/mol. The molecule has 8 nitrogen and oxygen atoms in total. The molecule has 1 aromatic heterocycles. The molecule has 2 heterocycles. The Hall–Kier alpha value is -2.61. The molecule has 1 aromatic rings. The van der Waals surface area contributed by atoms with E-state index < -0.39 is 24.3 Å². The fraction of sp³-hybridized carbons (Fsp3) is 0.650. The molecular formula is C20H29F6N3O5. The number of nitrogens with zero attached hydrogens (tertiary/aromatic N) is 3. The predicted molar refractivity (Wildman–Crippen MR) is 110 cm³/mol. The first-order valence-electron chi connectivity index (χ1n) is 10.2. The molecule has 2 N–H and O–H groups in total. The second kappa shape index (κ2) is 14.6. The highest BCUT2D eigenvalue weighted by Crippen LogP contribution is 2.17. The van der Waals surface area contributed by atoms with E-state index in [1.807, 2.05) is 13.0 Å². The van der Waals surface area contributed by atoms with Crippen LogP contribution >= 0.6 is 0 Å². The van der Waals surface area contributed by atoms with Gasteiger partial charge in [0.2, 0.25) is 0 Å². The number of hydrogen-bond acceptors (Lipinski definition) is 6. The maximum absolute atomic E-state index is 10.6. The van der Waals surface area contributed by atoms with Crippen LogP contribution in [0.25, 0.3) is 0 Å². The van der Waals surface area contributed by atoms with Crippen molar-refractivity contribution in [2.75, 3.05) is 46.4 Å². The van der Waals surface area contributed by atoms with Crippen molar-refractivity contribution in [2.24, 2.45) is 0 Å². The van der Waals surface area contributed by atoms with Gasteiger partial charge < -0.3 is 19.8 Å². The highest BCUT2D eigenvalue weighted by Gasteiger charge is 2.38. The molecule has 34 heavy (non-hydrogen) atoms. The van der Waals surface area contributed by atoms with Crippen molar-refractivity contribution >= 4 is 11.9 Å². The lowest BCUT2D eigenvalue weighted by Crippen LogP contribution is -2.32. The van der Waals surface area contributed by atoms with Crippen LogP contribution in [0.15, 0.2) is 12.1 Å². The molecule has 2 rings (SSSR count). The molecule has 0 atom stereocenters. The maximum atomic E-state index is 10.6. The third-order valence-electron chi connectivity index (χ3n) is 4.37. The van der Waals surface area contributed by atoms with Crippen LogP contribution < -0.4 is 4.74 Å². The fourth-order valence-electron chi connectivity index (χ4n) is 2.59. The molecule has 1 aliphatic heterocycles. The summed E-state index contributed by atoms with van der Waals surface area (Å²) in [6.45, 7) is 10.6. The van der Waals surface area contributed by atoms with E-state index in [1.54, 1.807) is 0 Å². The lowest BCUT2D eigenvalue weighted by atomic mass is 10.2. The van der Waals surface area contributed by atoms with E-state index in [-0.39, 0.29) is 0 Å². The van der Waals surface area contributed by atoms with Gasteiger partial charge in [0.05, 0.1) is 5.69 Å². The minimum absolute atomic E-state index is 0.751. The zero-order chi connectivity index (χ0) is 26.5. The number of carboxylic acid groups (broad SMARTS) is 2. The summed E-state index contributed by atoms with van der Waals surface area (Å²) in [6.07, 6.45) is -7.99. The van der Waals surface area contributed by atoms with E-state index in [0.29, 0.717) is 0 Å². The number of alkyl halides is 6. The van der Waals surface area contributed by atoms with Crippen LogP contribution in [-0.4, -0.2) is 95.7 Å². The van der Waals surface area contributed by atoms with Crippen molar-refractivity contribution in [3.63, 3.8) is 0 Å². The van der Waals surface area contributed by atoms with Crippen LogP contribution in [0.4, 0.5) is 26.3 Å². The van der Waals surface area contributed by atoms with E-state index in [0.717, 1.165) is 49.8 Å². The van der Waals surface area contributed by atoms with Crippen LogP contribution in [0, 0.1) is 6.92 Å².